The second-order valence-electron chi connectivity index (χ2n) is 6.05. The SMILES string of the molecule is CCCCCCCCCC(NCC)C1CCCOC1. The fraction of sp³-hybridized carbons (Fsp3) is 1.00. The van der Waals surface area contributed by atoms with Crippen LogP contribution in [0.1, 0.15) is 78.1 Å². The highest BCUT2D eigenvalue weighted by Gasteiger charge is 2.22. The standard InChI is InChI=1S/C17H35NO/c1-3-5-6-7-8-9-10-13-17(18-4-2)16-12-11-14-19-15-16/h16-18H,3-15H2,1-2H3. The predicted molar refractivity (Wildman–Crippen MR) is 83.6 cm³/mol. The molecule has 2 heteroatoms. The molecule has 0 amide bonds. The van der Waals surface area contributed by atoms with Gasteiger partial charge in [-0.05, 0) is 31.7 Å². The van der Waals surface area contributed by atoms with E-state index in [0.717, 1.165) is 25.7 Å². The maximum Gasteiger partial charge on any atom is 0.0509 e. The van der Waals surface area contributed by atoms with Crippen molar-refractivity contribution in [1.82, 2.24) is 5.32 Å². The van der Waals surface area contributed by atoms with Gasteiger partial charge in [0.25, 0.3) is 0 Å². The van der Waals surface area contributed by atoms with Gasteiger partial charge in [0, 0.05) is 12.6 Å². The van der Waals surface area contributed by atoms with E-state index in [1.165, 1.54) is 64.2 Å². The summed E-state index contributed by atoms with van der Waals surface area (Å²) in [5.41, 5.74) is 0. The van der Waals surface area contributed by atoms with E-state index in [9.17, 15) is 0 Å². The van der Waals surface area contributed by atoms with Gasteiger partial charge in [-0.25, -0.2) is 0 Å². The molecule has 0 aromatic rings. The molecule has 0 saturated carbocycles. The number of nitrogens with one attached hydrogen (secondary N) is 1. The molecular weight excluding hydrogens is 234 g/mol. The predicted octanol–water partition coefficient (Wildman–Crippen LogP) is 4.53. The monoisotopic (exact) mass is 269 g/mol. The van der Waals surface area contributed by atoms with Crippen LogP contribution in [0, 0.1) is 5.92 Å². The van der Waals surface area contributed by atoms with Crippen LogP contribution in [0.2, 0.25) is 0 Å². The van der Waals surface area contributed by atoms with Crippen LogP contribution in [0.3, 0.4) is 0 Å². The zero-order valence-corrected chi connectivity index (χ0v) is 13.3. The van der Waals surface area contributed by atoms with E-state index in [-0.39, 0.29) is 0 Å². The highest BCUT2D eigenvalue weighted by Crippen LogP contribution is 2.21. The van der Waals surface area contributed by atoms with E-state index < -0.39 is 0 Å². The Kier molecular flexibility index (Phi) is 10.5. The second-order valence-corrected chi connectivity index (χ2v) is 6.05. The highest BCUT2D eigenvalue weighted by atomic mass is 16.5. The quantitative estimate of drug-likeness (QED) is 0.556. The molecule has 2 atom stereocenters. The molecule has 1 N–H and O–H groups in total. The van der Waals surface area contributed by atoms with Crippen LogP contribution in [0.25, 0.3) is 0 Å². The van der Waals surface area contributed by atoms with Gasteiger partial charge in [-0.3, -0.25) is 0 Å². The molecule has 1 heterocycles. The Balaban J connectivity index is 2.07. The minimum absolute atomic E-state index is 0.695. The fourth-order valence-corrected chi connectivity index (χ4v) is 3.17. The summed E-state index contributed by atoms with van der Waals surface area (Å²) in [5, 5.41) is 3.68. The van der Waals surface area contributed by atoms with Crippen LogP contribution >= 0.6 is 0 Å². The average Bonchev–Trinajstić information content (AvgIpc) is 2.46. The maximum atomic E-state index is 5.64. The van der Waals surface area contributed by atoms with Gasteiger partial charge in [0.15, 0.2) is 0 Å². The Bertz CT molecular complexity index is 190. The third-order valence-corrected chi connectivity index (χ3v) is 4.35. The summed E-state index contributed by atoms with van der Waals surface area (Å²) in [5.74, 6) is 0.758. The van der Waals surface area contributed by atoms with E-state index in [4.69, 9.17) is 4.74 Å². The van der Waals surface area contributed by atoms with Crippen LogP contribution in [0.5, 0.6) is 0 Å². The van der Waals surface area contributed by atoms with Gasteiger partial charge in [0.2, 0.25) is 0 Å². The topological polar surface area (TPSA) is 21.3 Å². The molecule has 1 saturated heterocycles. The summed E-state index contributed by atoms with van der Waals surface area (Å²) in [6, 6.07) is 0.695. The van der Waals surface area contributed by atoms with Crippen molar-refractivity contribution < 1.29 is 4.74 Å². The van der Waals surface area contributed by atoms with Gasteiger partial charge in [0.05, 0.1) is 6.61 Å². The molecule has 19 heavy (non-hydrogen) atoms. The molecule has 2 nitrogen and oxygen atoms in total. The Morgan fingerprint density at radius 2 is 1.79 bits per heavy atom. The average molecular weight is 269 g/mol. The first-order valence-electron chi connectivity index (χ1n) is 8.69. The minimum atomic E-state index is 0.695. The Hall–Kier alpha value is -0.0800. The van der Waals surface area contributed by atoms with Crippen LogP contribution in [0.15, 0.2) is 0 Å². The lowest BCUT2D eigenvalue weighted by Gasteiger charge is -2.31. The van der Waals surface area contributed by atoms with Crippen LogP contribution in [0.4, 0.5) is 0 Å². The lowest BCUT2D eigenvalue weighted by molar-refractivity contribution is 0.0378. The van der Waals surface area contributed by atoms with Crippen molar-refractivity contribution in [2.45, 2.75) is 84.1 Å². The lowest BCUT2D eigenvalue weighted by atomic mass is 9.90. The van der Waals surface area contributed by atoms with Crippen molar-refractivity contribution in [2.24, 2.45) is 5.92 Å². The zero-order valence-electron chi connectivity index (χ0n) is 13.3. The van der Waals surface area contributed by atoms with E-state index >= 15 is 0 Å². The van der Waals surface area contributed by atoms with Gasteiger partial charge in [0.1, 0.15) is 0 Å². The summed E-state index contributed by atoms with van der Waals surface area (Å²) in [4.78, 5) is 0. The first-order valence-corrected chi connectivity index (χ1v) is 8.69. The van der Waals surface area contributed by atoms with Gasteiger partial charge in [-0.1, -0.05) is 58.8 Å². The molecule has 0 bridgehead atoms. The number of hydrogen-bond donors (Lipinski definition) is 1. The summed E-state index contributed by atoms with van der Waals surface area (Å²) in [6.45, 7) is 7.56. The van der Waals surface area contributed by atoms with Crippen molar-refractivity contribution in [1.29, 1.82) is 0 Å². The molecule has 114 valence electrons. The molecule has 1 rings (SSSR count). The molecule has 0 aromatic carbocycles. The van der Waals surface area contributed by atoms with Crippen molar-refractivity contribution in [2.75, 3.05) is 19.8 Å². The summed E-state index contributed by atoms with van der Waals surface area (Å²) in [6.07, 6.45) is 13.8. The molecule has 0 aromatic heterocycles. The van der Waals surface area contributed by atoms with E-state index in [2.05, 4.69) is 19.2 Å². The van der Waals surface area contributed by atoms with Crippen molar-refractivity contribution in [3.63, 3.8) is 0 Å². The van der Waals surface area contributed by atoms with Crippen LogP contribution in [-0.2, 0) is 4.74 Å². The lowest BCUT2D eigenvalue weighted by Crippen LogP contribution is -2.40. The van der Waals surface area contributed by atoms with E-state index in [1.807, 2.05) is 0 Å². The molecular formula is C17H35NO. The largest absolute Gasteiger partial charge is 0.381 e. The number of ether oxygens (including phenoxy) is 1. The van der Waals surface area contributed by atoms with Crippen molar-refractivity contribution in [3.8, 4) is 0 Å². The first-order chi connectivity index (χ1) is 9.38. The third-order valence-electron chi connectivity index (χ3n) is 4.35. The van der Waals surface area contributed by atoms with Crippen molar-refractivity contribution in [3.05, 3.63) is 0 Å². The number of rotatable bonds is 11. The minimum Gasteiger partial charge on any atom is -0.381 e. The van der Waals surface area contributed by atoms with Gasteiger partial charge in [-0.15, -0.1) is 0 Å². The maximum absolute atomic E-state index is 5.64. The molecule has 0 aliphatic carbocycles. The fourth-order valence-electron chi connectivity index (χ4n) is 3.17. The Morgan fingerprint density at radius 3 is 2.42 bits per heavy atom. The Morgan fingerprint density at radius 1 is 1.05 bits per heavy atom. The number of hydrogen-bond acceptors (Lipinski definition) is 2. The van der Waals surface area contributed by atoms with Crippen LogP contribution in [-0.4, -0.2) is 25.8 Å². The van der Waals surface area contributed by atoms with Gasteiger partial charge >= 0.3 is 0 Å². The normalized spacial score (nSPS) is 21.5. The number of unbranched alkanes of at least 4 members (excludes halogenated alkanes) is 6. The third kappa shape index (κ3) is 7.94. The second kappa shape index (κ2) is 11.7. The molecule has 1 aliphatic heterocycles. The summed E-state index contributed by atoms with van der Waals surface area (Å²) < 4.78 is 5.64. The van der Waals surface area contributed by atoms with Crippen LogP contribution < -0.4 is 5.32 Å². The van der Waals surface area contributed by atoms with Gasteiger partial charge < -0.3 is 10.1 Å². The van der Waals surface area contributed by atoms with Crippen molar-refractivity contribution >= 4 is 0 Å². The van der Waals surface area contributed by atoms with E-state index in [1.54, 1.807) is 0 Å². The summed E-state index contributed by atoms with van der Waals surface area (Å²) >= 11 is 0. The molecule has 1 aliphatic rings. The highest BCUT2D eigenvalue weighted by molar-refractivity contribution is 4.78. The van der Waals surface area contributed by atoms with E-state index in [0.29, 0.717) is 6.04 Å². The zero-order chi connectivity index (χ0) is 13.8. The summed E-state index contributed by atoms with van der Waals surface area (Å²) in [7, 11) is 0. The van der Waals surface area contributed by atoms with Gasteiger partial charge in [-0.2, -0.15) is 0 Å². The molecule has 0 spiro atoms. The smallest absolute Gasteiger partial charge is 0.0509 e. The Labute approximate surface area is 120 Å². The molecule has 0 radical (unpaired) electrons. The molecule has 1 fully saturated rings. The first kappa shape index (κ1) is 17.0. The molecule has 2 unspecified atom stereocenters.